The Kier molecular flexibility index (Phi) is 13.8. The number of unbranched alkanes of at least 4 members (excludes halogenated alkanes) is 1. The lowest BCUT2D eigenvalue weighted by Crippen LogP contribution is -2.59. The summed E-state index contributed by atoms with van der Waals surface area (Å²) in [6.07, 6.45) is 5.87. The van der Waals surface area contributed by atoms with E-state index in [1.54, 1.807) is 30.5 Å². The number of cyclic esters (lactones) is 1. The van der Waals surface area contributed by atoms with Crippen LogP contribution in [-0.4, -0.2) is 97.1 Å². The molecule has 1 N–H and O–H groups in total. The van der Waals surface area contributed by atoms with Crippen LogP contribution in [-0.2, 0) is 39.9 Å². The Morgan fingerprint density at radius 3 is 2.36 bits per heavy atom. The van der Waals surface area contributed by atoms with Crippen molar-refractivity contribution in [2.75, 3.05) is 6.54 Å². The third-order valence-electron chi connectivity index (χ3n) is 12.6. The number of imidazole rings is 1. The molecule has 5 heterocycles. The van der Waals surface area contributed by atoms with Gasteiger partial charge in [0.15, 0.2) is 17.7 Å². The van der Waals surface area contributed by atoms with Crippen LogP contribution in [0.15, 0.2) is 37.1 Å². The molecule has 5 rings (SSSR count). The molecule has 1 amide bonds. The first-order valence-electron chi connectivity index (χ1n) is 20.6. The lowest BCUT2D eigenvalue weighted by Gasteiger charge is -2.46. The number of pyridine rings is 1. The predicted octanol–water partition coefficient (Wildman–Crippen LogP) is 6.65. The fourth-order valence-corrected chi connectivity index (χ4v) is 9.64. The molecule has 0 radical (unpaired) electrons. The van der Waals surface area contributed by atoms with Crippen molar-refractivity contribution in [1.29, 1.82) is 0 Å². The molecule has 13 heteroatoms. The minimum atomic E-state index is -1.32. The molecule has 13 nitrogen and oxygen atoms in total. The highest BCUT2D eigenvalue weighted by molar-refractivity contribution is 6.00. The highest BCUT2D eigenvalue weighted by atomic mass is 16.7. The molecule has 0 spiro atoms. The molecule has 0 aliphatic carbocycles. The van der Waals surface area contributed by atoms with Crippen molar-refractivity contribution in [2.24, 2.45) is 35.0 Å². The predicted molar refractivity (Wildman–Crippen MR) is 209 cm³/mol. The number of aliphatic hydroxyl groups excluding tert-OH is 1. The van der Waals surface area contributed by atoms with E-state index in [1.807, 2.05) is 78.3 Å². The van der Waals surface area contributed by atoms with Crippen LogP contribution in [0.3, 0.4) is 0 Å². The van der Waals surface area contributed by atoms with Crippen LogP contribution in [0.5, 0.6) is 0 Å². The number of hydrogen-bond acceptors (Lipinski definition) is 11. The van der Waals surface area contributed by atoms with Crippen molar-refractivity contribution < 1.29 is 43.2 Å². The highest BCUT2D eigenvalue weighted by Crippen LogP contribution is 2.45. The number of Topliss-reactive ketones (excluding diaryl/α,β-unsaturated/α-hetero) is 2. The summed E-state index contributed by atoms with van der Waals surface area (Å²) in [4.78, 5) is 67.2. The molecule has 0 aromatic carbocycles. The molecule has 2 aromatic rings. The van der Waals surface area contributed by atoms with Crippen LogP contribution in [0, 0.1) is 35.0 Å². The third kappa shape index (κ3) is 8.89. The van der Waals surface area contributed by atoms with E-state index in [0.29, 0.717) is 45.2 Å². The van der Waals surface area contributed by atoms with Gasteiger partial charge < -0.3 is 33.5 Å². The quantitative estimate of drug-likeness (QED) is 0.156. The van der Waals surface area contributed by atoms with E-state index < -0.39 is 77.4 Å². The zero-order valence-electron chi connectivity index (χ0n) is 35.0. The van der Waals surface area contributed by atoms with E-state index >= 15 is 0 Å². The molecule has 3 aliphatic heterocycles. The molecule has 2 aromatic heterocycles. The molecule has 0 saturated carbocycles. The maximum absolute atomic E-state index is 14.7. The monoisotopic (exact) mass is 780 g/mol. The van der Waals surface area contributed by atoms with Gasteiger partial charge in [0.25, 0.3) is 0 Å². The van der Waals surface area contributed by atoms with Crippen LogP contribution in [0.4, 0.5) is 4.79 Å². The number of nitrogens with zero attached hydrogens (tertiary/aromatic N) is 4. The minimum absolute atomic E-state index is 0.0638. The van der Waals surface area contributed by atoms with Crippen molar-refractivity contribution in [3.8, 4) is 11.3 Å². The zero-order valence-corrected chi connectivity index (χ0v) is 35.0. The number of hydrogen-bond donors (Lipinski definition) is 1. The molecule has 0 bridgehead atoms. The number of aliphatic hydroxyl groups is 1. The summed E-state index contributed by atoms with van der Waals surface area (Å²) in [6.45, 7) is 19.5. The van der Waals surface area contributed by atoms with Gasteiger partial charge in [0.1, 0.15) is 23.9 Å². The van der Waals surface area contributed by atoms with Crippen molar-refractivity contribution in [3.05, 3.63) is 37.1 Å². The summed E-state index contributed by atoms with van der Waals surface area (Å²) in [5.41, 5.74) is -0.354. The standard InChI is InChI=1S/C43H64N4O9/c1-11-33-43(12-2)37(47(41(52)56-43)19-14-13-18-46-23-32(45-24-46)31-16-15-17-44-22-31)28(6)34(48)26(4)21-42(9,10)38(29(7)36(50)30(8)39(51)54-33)55-40-35(49)25(3)20-27(5)53-40/h15-17,22-30,33,35,37-38,40,49H,11-14,18-21H2,1-10H3/t25-,26+,27+,28-,29-,30+,33+,35+,37+,38+,40-,43+/m0/s1. The van der Waals surface area contributed by atoms with Gasteiger partial charge in [-0.05, 0) is 75.8 Å². The number of carbonyl (C=O) groups is 4. The van der Waals surface area contributed by atoms with E-state index in [2.05, 4.69) is 9.97 Å². The van der Waals surface area contributed by atoms with Gasteiger partial charge >= 0.3 is 12.1 Å². The third-order valence-corrected chi connectivity index (χ3v) is 12.6. The second-order valence-electron chi connectivity index (χ2n) is 17.4. The fraction of sp³-hybridized carbons (Fsp3) is 0.721. The first-order valence-corrected chi connectivity index (χ1v) is 20.6. The SMILES string of the molecule is CC[C@H]1OC(=O)[C@H](C)C(=O)[C@H](C)[C@@H](O[C@@H]2O[C@H](C)C[C@H](C)[C@H]2O)C(C)(C)C[C@@H](C)C(=O)[C@H](C)[C@H]2N(CCCCn3cnc(-c4cccnc4)c3)C(=O)O[C@]12CC. The van der Waals surface area contributed by atoms with Crippen molar-refractivity contribution in [1.82, 2.24) is 19.4 Å². The fourth-order valence-electron chi connectivity index (χ4n) is 9.64. The number of esters is 1. The Hall–Kier alpha value is -3.68. The molecule has 0 unspecified atom stereocenters. The van der Waals surface area contributed by atoms with Crippen LogP contribution in [0.2, 0.25) is 0 Å². The summed E-state index contributed by atoms with van der Waals surface area (Å²) in [7, 11) is 0. The average Bonchev–Trinajstić information content (AvgIpc) is 3.76. The summed E-state index contributed by atoms with van der Waals surface area (Å²) < 4.78 is 27.2. The first kappa shape index (κ1) is 43.4. The second-order valence-corrected chi connectivity index (χ2v) is 17.4. The summed E-state index contributed by atoms with van der Waals surface area (Å²) in [5, 5.41) is 11.1. The average molecular weight is 781 g/mol. The Labute approximate surface area is 332 Å². The molecule has 3 saturated heterocycles. The molecule has 3 fully saturated rings. The number of rotatable bonds is 10. The van der Waals surface area contributed by atoms with Gasteiger partial charge in [-0.25, -0.2) is 9.78 Å². The van der Waals surface area contributed by atoms with Gasteiger partial charge in [-0.2, -0.15) is 0 Å². The molecule has 310 valence electrons. The van der Waals surface area contributed by atoms with Gasteiger partial charge in [-0.1, -0.05) is 55.4 Å². The van der Waals surface area contributed by atoms with E-state index in [4.69, 9.17) is 18.9 Å². The van der Waals surface area contributed by atoms with Crippen molar-refractivity contribution in [2.45, 2.75) is 157 Å². The summed E-state index contributed by atoms with van der Waals surface area (Å²) in [5.74, 6) is -4.41. The van der Waals surface area contributed by atoms with Gasteiger partial charge in [0, 0.05) is 55.0 Å². The molecule has 56 heavy (non-hydrogen) atoms. The number of ketones is 2. The Morgan fingerprint density at radius 2 is 1.70 bits per heavy atom. The molecular weight excluding hydrogens is 716 g/mol. The maximum Gasteiger partial charge on any atom is 0.410 e. The number of ether oxygens (including phenoxy) is 4. The highest BCUT2D eigenvalue weighted by Gasteiger charge is 2.61. The largest absolute Gasteiger partial charge is 0.457 e. The topological polar surface area (TPSA) is 159 Å². The number of aromatic nitrogens is 3. The first-order chi connectivity index (χ1) is 26.4. The van der Waals surface area contributed by atoms with Crippen molar-refractivity contribution in [3.63, 3.8) is 0 Å². The van der Waals surface area contributed by atoms with Gasteiger partial charge in [-0.15, -0.1) is 0 Å². The normalized spacial score (nSPS) is 35.8. The molecular formula is C43H64N4O9. The summed E-state index contributed by atoms with van der Waals surface area (Å²) in [6, 6.07) is 3.10. The van der Waals surface area contributed by atoms with Crippen LogP contribution >= 0.6 is 0 Å². The smallest absolute Gasteiger partial charge is 0.410 e. The van der Waals surface area contributed by atoms with Crippen LogP contribution < -0.4 is 0 Å². The van der Waals surface area contributed by atoms with Gasteiger partial charge in [-0.3, -0.25) is 19.4 Å². The van der Waals surface area contributed by atoms with Crippen LogP contribution in [0.25, 0.3) is 11.3 Å². The lowest BCUT2D eigenvalue weighted by atomic mass is 9.68. The van der Waals surface area contributed by atoms with Gasteiger partial charge in [0.05, 0.1) is 30.3 Å². The van der Waals surface area contributed by atoms with Crippen LogP contribution in [0.1, 0.15) is 108 Å². The lowest BCUT2D eigenvalue weighted by molar-refractivity contribution is -0.284. The Balaban J connectivity index is 1.43. The number of fused-ring (bicyclic) bond motifs is 1. The van der Waals surface area contributed by atoms with Crippen molar-refractivity contribution >= 4 is 23.6 Å². The second kappa shape index (κ2) is 17.9. The minimum Gasteiger partial charge on any atom is -0.457 e. The Bertz CT molecular complexity index is 1680. The summed E-state index contributed by atoms with van der Waals surface area (Å²) >= 11 is 0. The van der Waals surface area contributed by atoms with E-state index in [-0.39, 0.29) is 23.6 Å². The van der Waals surface area contributed by atoms with Gasteiger partial charge in [0.2, 0.25) is 0 Å². The molecule has 3 aliphatic rings. The van der Waals surface area contributed by atoms with E-state index in [9.17, 15) is 24.3 Å². The zero-order chi connectivity index (χ0) is 41.1. The molecule has 12 atom stereocenters. The number of amides is 1. The Morgan fingerprint density at radius 1 is 0.982 bits per heavy atom. The number of aryl methyl sites for hydroxylation is 1. The van der Waals surface area contributed by atoms with E-state index in [1.165, 1.54) is 6.92 Å². The van der Waals surface area contributed by atoms with E-state index in [0.717, 1.165) is 17.7 Å². The maximum atomic E-state index is 14.7. The number of carbonyl (C=O) groups excluding carboxylic acids is 4.